The molecule has 1 saturated heterocycles. The van der Waals surface area contributed by atoms with Gasteiger partial charge >= 0.3 is 6.36 Å². The predicted molar refractivity (Wildman–Crippen MR) is 168 cm³/mol. The molecule has 1 heterocycles. The molecule has 2 aliphatic rings. The van der Waals surface area contributed by atoms with Crippen molar-refractivity contribution in [3.8, 4) is 23.0 Å². The van der Waals surface area contributed by atoms with Crippen LogP contribution < -0.4 is 0 Å². The molecule has 3 nitrogen and oxygen atoms in total. The normalized spacial score (nSPS) is 19.4. The summed E-state index contributed by atoms with van der Waals surface area (Å²) in [6.07, 6.45) is -2.27. The average Bonchev–Trinajstić information content (AvgIpc) is 3.19. The number of alkyl halides is 4. The second-order valence-corrected chi connectivity index (χ2v) is 11.5. The molecule has 1 aliphatic heterocycles. The highest BCUT2D eigenvalue weighted by molar-refractivity contribution is 5.77. The zero-order valence-corrected chi connectivity index (χ0v) is 26.2. The van der Waals surface area contributed by atoms with Gasteiger partial charge in [-0.05, 0) is 84.4 Å². The van der Waals surface area contributed by atoms with E-state index in [0.29, 0.717) is 49.9 Å². The number of allylic oxidation sites excluding steroid dienone is 5. The van der Waals surface area contributed by atoms with Crippen LogP contribution in [-0.2, 0) is 14.2 Å². The van der Waals surface area contributed by atoms with Crippen molar-refractivity contribution in [3.05, 3.63) is 137 Å². The van der Waals surface area contributed by atoms with Gasteiger partial charge in [0.2, 0.25) is 0 Å². The first kappa shape index (κ1) is 36.5. The smallest absolute Gasteiger partial charge is 0.404 e. The van der Waals surface area contributed by atoms with Crippen molar-refractivity contribution < 1.29 is 53.7 Å². The highest BCUT2D eigenvalue weighted by Gasteiger charge is 2.36. The second-order valence-electron chi connectivity index (χ2n) is 11.5. The Kier molecular flexibility index (Phi) is 11.6. The van der Waals surface area contributed by atoms with Crippen molar-refractivity contribution in [2.75, 3.05) is 19.8 Å². The summed E-state index contributed by atoms with van der Waals surface area (Å²) >= 11 is 0. The van der Waals surface area contributed by atoms with Gasteiger partial charge in [-0.2, -0.15) is 0 Å². The van der Waals surface area contributed by atoms with Gasteiger partial charge in [0.15, 0.2) is 17.8 Å². The van der Waals surface area contributed by atoms with Crippen molar-refractivity contribution >= 4 is 5.57 Å². The molecule has 12 heteroatoms. The highest BCUT2D eigenvalue weighted by atomic mass is 19.4. The number of ether oxygens (including phenoxy) is 3. The van der Waals surface area contributed by atoms with E-state index in [1.807, 2.05) is 0 Å². The predicted octanol–water partition coefficient (Wildman–Crippen LogP) is 10.4. The summed E-state index contributed by atoms with van der Waals surface area (Å²) in [6, 6.07) is 9.35. The summed E-state index contributed by atoms with van der Waals surface area (Å²) < 4.78 is 141. The second kappa shape index (κ2) is 15.9. The largest absolute Gasteiger partial charge is 0.572 e. The van der Waals surface area contributed by atoms with Crippen LogP contribution in [0.3, 0.4) is 0 Å². The molecule has 3 unspecified atom stereocenters. The summed E-state index contributed by atoms with van der Waals surface area (Å²) in [4.78, 5) is 0. The maximum absolute atomic E-state index is 15.2. The molecule has 1 aliphatic carbocycles. The maximum atomic E-state index is 15.2. The van der Waals surface area contributed by atoms with Gasteiger partial charge in [-0.3, -0.25) is 0 Å². The lowest BCUT2D eigenvalue weighted by molar-refractivity contribution is -0.309. The minimum atomic E-state index is -5.35. The van der Waals surface area contributed by atoms with Gasteiger partial charge in [-0.1, -0.05) is 42.2 Å². The summed E-state index contributed by atoms with van der Waals surface area (Å²) in [5.41, 5.74) is -0.859. The SMILES string of the molecule is C=CCOCCC1CCC(c2ccc(-c3cc(F)c(C#Cc4ccc(C5=CC(F)=C(OC(F)(F)F)C(F)C=C5)c(F)c4)c(F)c3)c(F)c2)OC1. The fraction of sp³-hybridized carbons (Fsp3) is 0.263. The van der Waals surface area contributed by atoms with E-state index in [-0.39, 0.29) is 33.9 Å². The molecule has 3 aromatic carbocycles. The Morgan fingerprint density at radius 3 is 2.24 bits per heavy atom. The molecule has 5 rings (SSSR count). The Bertz CT molecular complexity index is 1870. The molecule has 0 bridgehead atoms. The highest BCUT2D eigenvalue weighted by Crippen LogP contribution is 2.36. The van der Waals surface area contributed by atoms with E-state index in [1.54, 1.807) is 12.1 Å². The molecular weight excluding hydrogens is 675 g/mol. The van der Waals surface area contributed by atoms with Gasteiger partial charge in [-0.25, -0.2) is 26.3 Å². The number of halogens is 9. The van der Waals surface area contributed by atoms with E-state index < -0.39 is 53.0 Å². The van der Waals surface area contributed by atoms with Crippen LogP contribution in [0.5, 0.6) is 0 Å². The minimum Gasteiger partial charge on any atom is -0.404 e. The molecule has 0 spiro atoms. The molecule has 0 amide bonds. The van der Waals surface area contributed by atoms with E-state index >= 15 is 13.2 Å². The summed E-state index contributed by atoms with van der Waals surface area (Å²) in [6.45, 7) is 5.18. The first-order valence-corrected chi connectivity index (χ1v) is 15.4. The van der Waals surface area contributed by atoms with Crippen LogP contribution in [-0.4, -0.2) is 32.4 Å². The lowest BCUT2D eigenvalue weighted by Gasteiger charge is -2.29. The molecule has 3 aromatic rings. The Morgan fingerprint density at radius 1 is 0.880 bits per heavy atom. The van der Waals surface area contributed by atoms with Crippen LogP contribution >= 0.6 is 0 Å². The van der Waals surface area contributed by atoms with Gasteiger partial charge in [-0.15, -0.1) is 19.8 Å². The first-order valence-electron chi connectivity index (χ1n) is 15.4. The molecule has 0 radical (unpaired) electrons. The fourth-order valence-electron chi connectivity index (χ4n) is 5.55. The van der Waals surface area contributed by atoms with Crippen molar-refractivity contribution in [3.63, 3.8) is 0 Å². The molecule has 0 saturated carbocycles. The third kappa shape index (κ3) is 9.08. The Morgan fingerprint density at radius 2 is 1.60 bits per heavy atom. The van der Waals surface area contributed by atoms with Gasteiger partial charge in [0, 0.05) is 23.3 Å². The topological polar surface area (TPSA) is 27.7 Å². The minimum absolute atomic E-state index is 0.0407. The van der Waals surface area contributed by atoms with Crippen LogP contribution in [0.15, 0.2) is 91.0 Å². The summed E-state index contributed by atoms with van der Waals surface area (Å²) in [7, 11) is 0. The fourth-order valence-corrected chi connectivity index (χ4v) is 5.55. The van der Waals surface area contributed by atoms with Gasteiger partial charge in [0.05, 0.1) is 24.9 Å². The van der Waals surface area contributed by atoms with Crippen molar-refractivity contribution in [1.29, 1.82) is 0 Å². The molecule has 3 atom stereocenters. The van der Waals surface area contributed by atoms with Crippen molar-refractivity contribution in [2.24, 2.45) is 5.92 Å². The Labute approximate surface area is 282 Å². The number of rotatable bonds is 9. The molecule has 0 aromatic heterocycles. The number of hydrogen-bond donors (Lipinski definition) is 0. The quantitative estimate of drug-likeness (QED) is 0.0961. The zero-order chi connectivity index (χ0) is 36.0. The van der Waals surface area contributed by atoms with Crippen molar-refractivity contribution in [2.45, 2.75) is 37.9 Å². The molecule has 50 heavy (non-hydrogen) atoms. The number of benzene rings is 3. The van der Waals surface area contributed by atoms with Gasteiger partial charge in [0.1, 0.15) is 23.3 Å². The molecule has 0 N–H and O–H groups in total. The molecular formula is C38H29F9O3. The lowest BCUT2D eigenvalue weighted by atomic mass is 9.92. The summed E-state index contributed by atoms with van der Waals surface area (Å²) in [5.74, 6) is -2.23. The van der Waals surface area contributed by atoms with E-state index in [2.05, 4.69) is 23.2 Å². The molecule has 1 fully saturated rings. The van der Waals surface area contributed by atoms with Crippen LogP contribution in [0.2, 0.25) is 0 Å². The number of hydrogen-bond acceptors (Lipinski definition) is 3. The van der Waals surface area contributed by atoms with Gasteiger partial charge in [0.25, 0.3) is 0 Å². The van der Waals surface area contributed by atoms with E-state index in [1.165, 1.54) is 18.2 Å². The maximum Gasteiger partial charge on any atom is 0.572 e. The van der Waals surface area contributed by atoms with Crippen LogP contribution in [0.1, 0.15) is 47.6 Å². The van der Waals surface area contributed by atoms with Crippen LogP contribution in [0.4, 0.5) is 39.5 Å². The monoisotopic (exact) mass is 704 g/mol. The van der Waals surface area contributed by atoms with E-state index in [4.69, 9.17) is 9.47 Å². The Balaban J connectivity index is 1.29. The third-order valence-corrected chi connectivity index (χ3v) is 8.04. The molecule has 262 valence electrons. The lowest BCUT2D eigenvalue weighted by Crippen LogP contribution is -2.22. The van der Waals surface area contributed by atoms with Crippen LogP contribution in [0, 0.1) is 41.0 Å². The van der Waals surface area contributed by atoms with Gasteiger partial charge < -0.3 is 14.2 Å². The Hall–Kier alpha value is -4.73. The van der Waals surface area contributed by atoms with Crippen molar-refractivity contribution in [1.82, 2.24) is 0 Å². The standard InChI is InChI=1S/C38H29F9O3/c1-2-14-48-15-13-23-5-12-36(49-21-23)25-6-10-28(32(41)18-25)26-19-33(42)29(34(43)20-26)9-4-22-3-8-27(31(40)16-22)24-7-11-30(39)37(35(44)17-24)50-38(45,46)47/h2-3,6-8,10-11,16-20,23,30,36H,1,5,12-15,21H2. The zero-order valence-electron chi connectivity index (χ0n) is 26.2. The third-order valence-electron chi connectivity index (χ3n) is 8.04. The average molecular weight is 705 g/mol. The van der Waals surface area contributed by atoms with Crippen LogP contribution in [0.25, 0.3) is 16.7 Å². The summed E-state index contributed by atoms with van der Waals surface area (Å²) in [5, 5.41) is 0. The van der Waals surface area contributed by atoms with E-state index in [0.717, 1.165) is 43.2 Å². The van der Waals surface area contributed by atoms with E-state index in [9.17, 15) is 26.3 Å². The first-order chi connectivity index (χ1) is 23.8.